The zero-order chi connectivity index (χ0) is 21.6. The van der Waals surface area contributed by atoms with E-state index < -0.39 is 0 Å². The van der Waals surface area contributed by atoms with Crippen LogP contribution < -0.4 is 5.32 Å². The van der Waals surface area contributed by atoms with Crippen LogP contribution in [0.2, 0.25) is 0 Å². The van der Waals surface area contributed by atoms with Crippen molar-refractivity contribution >= 4 is 17.6 Å². The third kappa shape index (κ3) is 4.72. The summed E-state index contributed by atoms with van der Waals surface area (Å²) in [5.74, 6) is -0.701. The van der Waals surface area contributed by atoms with E-state index >= 15 is 0 Å². The Bertz CT molecular complexity index is 1190. The van der Waals surface area contributed by atoms with Gasteiger partial charge in [-0.1, -0.05) is 35.5 Å². The summed E-state index contributed by atoms with van der Waals surface area (Å²) in [5.41, 5.74) is 2.94. The van der Waals surface area contributed by atoms with Crippen LogP contribution in [0.15, 0.2) is 83.6 Å². The number of carbonyl (C=O) groups is 2. The van der Waals surface area contributed by atoms with Crippen LogP contribution in [0.25, 0.3) is 22.4 Å². The minimum Gasteiger partial charge on any atom is -0.337 e. The number of pyridine rings is 1. The summed E-state index contributed by atoms with van der Waals surface area (Å²) < 4.78 is 18.8. The molecule has 31 heavy (non-hydrogen) atoms. The number of rotatable bonds is 7. The van der Waals surface area contributed by atoms with Crippen LogP contribution in [-0.2, 0) is 4.79 Å². The van der Waals surface area contributed by atoms with Crippen molar-refractivity contribution in [1.82, 2.24) is 10.1 Å². The summed E-state index contributed by atoms with van der Waals surface area (Å²) >= 11 is 0. The van der Waals surface area contributed by atoms with Crippen LogP contribution >= 0.6 is 0 Å². The predicted octanol–water partition coefficient (Wildman–Crippen LogP) is 5.14. The Morgan fingerprint density at radius 1 is 0.871 bits per heavy atom. The highest BCUT2D eigenvalue weighted by atomic mass is 19.1. The summed E-state index contributed by atoms with van der Waals surface area (Å²) in [6, 6.07) is 18.2. The number of hydrogen-bond donors (Lipinski definition) is 1. The average molecular weight is 415 g/mol. The second-order valence-corrected chi connectivity index (χ2v) is 6.82. The Balaban J connectivity index is 1.56. The van der Waals surface area contributed by atoms with Crippen LogP contribution in [0.5, 0.6) is 0 Å². The molecule has 0 unspecified atom stereocenters. The maximum Gasteiger partial charge on any atom is 0.239 e. The van der Waals surface area contributed by atoms with Crippen molar-refractivity contribution in [2.24, 2.45) is 0 Å². The number of benzene rings is 2. The Labute approximate surface area is 177 Å². The fourth-order valence-electron chi connectivity index (χ4n) is 3.15. The number of Topliss-reactive ketones (excluding diaryl/α,β-unsaturated/α-hetero) is 1. The predicted molar refractivity (Wildman–Crippen MR) is 114 cm³/mol. The van der Waals surface area contributed by atoms with Gasteiger partial charge in [-0.15, -0.1) is 0 Å². The highest BCUT2D eigenvalue weighted by Crippen LogP contribution is 2.37. The van der Waals surface area contributed by atoms with E-state index in [1.54, 1.807) is 60.9 Å². The fraction of sp³-hybridized carbons (Fsp3) is 0.0833. The molecule has 0 aliphatic carbocycles. The SMILES string of the molecule is O=C(CCC(=O)c1ccccc1)Nc1onc(-c2ccc(F)cc2)c1-c1ccncc1. The van der Waals surface area contributed by atoms with Gasteiger partial charge in [-0.25, -0.2) is 4.39 Å². The first-order chi connectivity index (χ1) is 15.1. The summed E-state index contributed by atoms with van der Waals surface area (Å²) in [6.45, 7) is 0. The van der Waals surface area contributed by atoms with E-state index in [1.165, 1.54) is 12.1 Å². The Morgan fingerprint density at radius 3 is 2.29 bits per heavy atom. The molecule has 2 aromatic carbocycles. The lowest BCUT2D eigenvalue weighted by Gasteiger charge is -2.06. The summed E-state index contributed by atoms with van der Waals surface area (Å²) in [5, 5.41) is 6.79. The smallest absolute Gasteiger partial charge is 0.239 e. The lowest BCUT2D eigenvalue weighted by Crippen LogP contribution is -2.13. The van der Waals surface area contributed by atoms with Gasteiger partial charge in [0.05, 0.1) is 5.56 Å². The maximum atomic E-state index is 13.3. The highest BCUT2D eigenvalue weighted by Gasteiger charge is 2.21. The van der Waals surface area contributed by atoms with Crippen LogP contribution in [0.4, 0.5) is 10.3 Å². The Hall–Kier alpha value is -4.13. The van der Waals surface area contributed by atoms with Crippen LogP contribution in [0.3, 0.4) is 0 Å². The second kappa shape index (κ2) is 9.13. The summed E-state index contributed by atoms with van der Waals surface area (Å²) in [4.78, 5) is 28.8. The molecule has 0 spiro atoms. The molecule has 6 nitrogen and oxygen atoms in total. The Kier molecular flexibility index (Phi) is 5.93. The molecule has 0 aliphatic heterocycles. The van der Waals surface area contributed by atoms with Crippen LogP contribution in [-0.4, -0.2) is 21.8 Å². The molecule has 1 amide bonds. The third-order valence-electron chi connectivity index (χ3n) is 4.71. The molecule has 1 N–H and O–H groups in total. The monoisotopic (exact) mass is 415 g/mol. The molecule has 0 saturated heterocycles. The number of carbonyl (C=O) groups excluding carboxylic acids is 2. The molecule has 0 aliphatic rings. The number of aromatic nitrogens is 2. The number of nitrogens with zero attached hydrogens (tertiary/aromatic N) is 2. The largest absolute Gasteiger partial charge is 0.337 e. The number of amides is 1. The molecule has 154 valence electrons. The fourth-order valence-corrected chi connectivity index (χ4v) is 3.15. The number of nitrogens with one attached hydrogen (secondary N) is 1. The molecule has 0 bridgehead atoms. The first kappa shape index (κ1) is 20.2. The molecular formula is C24H18FN3O3. The van der Waals surface area contributed by atoms with E-state index in [2.05, 4.69) is 15.5 Å². The third-order valence-corrected chi connectivity index (χ3v) is 4.71. The molecule has 0 radical (unpaired) electrons. The van der Waals surface area contributed by atoms with Crippen molar-refractivity contribution in [2.45, 2.75) is 12.8 Å². The van der Waals surface area contributed by atoms with Crippen molar-refractivity contribution in [3.05, 3.63) is 90.5 Å². The van der Waals surface area contributed by atoms with Gasteiger partial charge in [-0.05, 0) is 42.0 Å². The number of ketones is 1. The van der Waals surface area contributed by atoms with Crippen molar-refractivity contribution in [3.8, 4) is 22.4 Å². The van der Waals surface area contributed by atoms with Crippen molar-refractivity contribution < 1.29 is 18.5 Å². The minimum atomic E-state index is -0.374. The van der Waals surface area contributed by atoms with Gasteiger partial charge in [0.1, 0.15) is 11.5 Å². The lowest BCUT2D eigenvalue weighted by atomic mass is 10.0. The Morgan fingerprint density at radius 2 is 1.58 bits per heavy atom. The second-order valence-electron chi connectivity index (χ2n) is 6.82. The van der Waals surface area contributed by atoms with Gasteiger partial charge in [0.2, 0.25) is 11.8 Å². The van der Waals surface area contributed by atoms with Gasteiger partial charge < -0.3 is 4.52 Å². The first-order valence-electron chi connectivity index (χ1n) is 9.66. The van der Waals surface area contributed by atoms with Gasteiger partial charge >= 0.3 is 0 Å². The van der Waals surface area contributed by atoms with Gasteiger partial charge in [0.25, 0.3) is 0 Å². The van der Waals surface area contributed by atoms with E-state index in [1.807, 2.05) is 6.07 Å². The normalized spacial score (nSPS) is 10.6. The van der Waals surface area contributed by atoms with E-state index in [-0.39, 0.29) is 36.2 Å². The average Bonchev–Trinajstić information content (AvgIpc) is 3.22. The van der Waals surface area contributed by atoms with Gasteiger partial charge in [0.15, 0.2) is 5.78 Å². The topological polar surface area (TPSA) is 85.1 Å². The zero-order valence-corrected chi connectivity index (χ0v) is 16.4. The molecule has 7 heteroatoms. The molecule has 2 aromatic heterocycles. The lowest BCUT2D eigenvalue weighted by molar-refractivity contribution is -0.116. The van der Waals surface area contributed by atoms with Crippen LogP contribution in [0.1, 0.15) is 23.2 Å². The van der Waals surface area contributed by atoms with Gasteiger partial charge in [-0.2, -0.15) is 0 Å². The molecular weight excluding hydrogens is 397 g/mol. The number of anilines is 1. The zero-order valence-electron chi connectivity index (χ0n) is 16.4. The van der Waals surface area contributed by atoms with Crippen molar-refractivity contribution in [1.29, 1.82) is 0 Å². The molecule has 4 rings (SSSR count). The molecule has 0 saturated carbocycles. The maximum absolute atomic E-state index is 13.3. The molecule has 2 heterocycles. The highest BCUT2D eigenvalue weighted by molar-refractivity contribution is 6.01. The molecule has 4 aromatic rings. The van der Waals surface area contributed by atoms with Gasteiger partial charge in [-0.3, -0.25) is 19.9 Å². The molecule has 0 fully saturated rings. The van der Waals surface area contributed by atoms with Crippen molar-refractivity contribution in [3.63, 3.8) is 0 Å². The summed E-state index contributed by atoms with van der Waals surface area (Å²) in [6.07, 6.45) is 3.29. The van der Waals surface area contributed by atoms with E-state index in [0.29, 0.717) is 22.4 Å². The number of hydrogen-bond acceptors (Lipinski definition) is 5. The van der Waals surface area contributed by atoms with Gasteiger partial charge in [0, 0.05) is 36.4 Å². The van der Waals surface area contributed by atoms with Crippen molar-refractivity contribution in [2.75, 3.05) is 5.32 Å². The first-order valence-corrected chi connectivity index (χ1v) is 9.66. The standard InChI is InChI=1S/C24H18FN3O3/c25-19-8-6-18(7-9-19)23-22(17-12-14-26-15-13-17)24(31-28-23)27-21(30)11-10-20(29)16-4-2-1-3-5-16/h1-9,12-15H,10-11H2,(H,27,30). The minimum absolute atomic E-state index is 0.00387. The van der Waals surface area contributed by atoms with Crippen LogP contribution in [0, 0.1) is 5.82 Å². The summed E-state index contributed by atoms with van der Waals surface area (Å²) in [7, 11) is 0. The quantitative estimate of drug-likeness (QED) is 0.422. The van der Waals surface area contributed by atoms with E-state index in [0.717, 1.165) is 5.56 Å². The molecule has 0 atom stereocenters. The van der Waals surface area contributed by atoms with E-state index in [9.17, 15) is 14.0 Å². The number of halogens is 1. The van der Waals surface area contributed by atoms with E-state index in [4.69, 9.17) is 4.52 Å².